The van der Waals surface area contributed by atoms with Crippen molar-refractivity contribution in [2.45, 2.75) is 108 Å². The van der Waals surface area contributed by atoms with Gasteiger partial charge in [0, 0.05) is 18.5 Å². The normalized spacial score (nSPS) is 28.6. The molecule has 184 valence electrons. The molecule has 0 saturated heterocycles. The van der Waals surface area contributed by atoms with Crippen LogP contribution >= 0.6 is 0 Å². The Balaban J connectivity index is 1.11. The predicted octanol–water partition coefficient (Wildman–Crippen LogP) is 4.01. The Hall–Kier alpha value is -1.15. The first kappa shape index (κ1) is 25.5. The van der Waals surface area contributed by atoms with E-state index >= 15 is 0 Å². The van der Waals surface area contributed by atoms with Crippen LogP contribution in [-0.2, 0) is 14.8 Å². The second kappa shape index (κ2) is 11.8. The van der Waals surface area contributed by atoms with E-state index in [1.165, 1.54) is 57.8 Å². The number of carbonyl (C=O) groups excluding carboxylic acids is 2. The number of unbranched alkanes of at least 4 members (excludes halogenated alkanes) is 8. The first-order valence-corrected chi connectivity index (χ1v) is 14.5. The Bertz CT molecular complexity index is 702. The van der Waals surface area contributed by atoms with E-state index in [9.17, 15) is 18.0 Å². The van der Waals surface area contributed by atoms with E-state index in [1.807, 2.05) is 0 Å². The number of nitrogens with two attached hydrogens (primary N) is 1. The van der Waals surface area contributed by atoms with Crippen molar-refractivity contribution in [3.63, 3.8) is 0 Å². The van der Waals surface area contributed by atoms with E-state index < -0.39 is 15.8 Å². The summed E-state index contributed by atoms with van der Waals surface area (Å²) < 4.78 is 21.7. The van der Waals surface area contributed by atoms with Gasteiger partial charge in [0.1, 0.15) is 11.5 Å². The SMILES string of the molecule is NS(=O)(=O)CC(=O)CCCCCCCCCCCNC(=O)NC12CC3CC(CC(C3)C1)C2. The number of carbonyl (C=O) groups is 2. The van der Waals surface area contributed by atoms with Gasteiger partial charge in [0.25, 0.3) is 0 Å². The fourth-order valence-corrected chi connectivity index (χ4v) is 7.32. The number of urea groups is 1. The zero-order chi connectivity index (χ0) is 23.0. The molecule has 4 bridgehead atoms. The quantitative estimate of drug-likeness (QED) is 0.314. The van der Waals surface area contributed by atoms with Gasteiger partial charge in [0.05, 0.1) is 0 Å². The third-order valence-corrected chi connectivity index (χ3v) is 8.42. The Morgan fingerprint density at radius 3 is 1.75 bits per heavy atom. The molecule has 0 aromatic rings. The third-order valence-electron chi connectivity index (χ3n) is 7.70. The molecule has 4 saturated carbocycles. The van der Waals surface area contributed by atoms with Gasteiger partial charge in [-0.1, -0.05) is 44.9 Å². The number of Topliss-reactive ketones (excluding diaryl/α,β-unsaturated/α-hetero) is 1. The lowest BCUT2D eigenvalue weighted by Gasteiger charge is -2.56. The van der Waals surface area contributed by atoms with Crippen LogP contribution in [0.3, 0.4) is 0 Å². The summed E-state index contributed by atoms with van der Waals surface area (Å²) in [6.07, 6.45) is 17.7. The lowest BCUT2D eigenvalue weighted by molar-refractivity contribution is -0.116. The number of rotatable bonds is 15. The second-order valence-corrected chi connectivity index (χ2v) is 12.5. The Kier molecular flexibility index (Phi) is 9.41. The number of sulfonamides is 1. The highest BCUT2D eigenvalue weighted by Crippen LogP contribution is 2.55. The molecular weight excluding hydrogens is 426 g/mol. The fourth-order valence-electron chi connectivity index (χ4n) is 6.73. The molecule has 0 aliphatic heterocycles. The molecule has 2 amide bonds. The maximum absolute atomic E-state index is 12.4. The molecule has 0 aromatic heterocycles. The van der Waals surface area contributed by atoms with E-state index in [4.69, 9.17) is 5.14 Å². The lowest BCUT2D eigenvalue weighted by Crippen LogP contribution is -2.61. The summed E-state index contributed by atoms with van der Waals surface area (Å²) in [5.74, 6) is 1.72. The number of hydrogen-bond donors (Lipinski definition) is 3. The van der Waals surface area contributed by atoms with E-state index in [-0.39, 0.29) is 17.4 Å². The maximum atomic E-state index is 12.4. The first-order chi connectivity index (χ1) is 15.2. The van der Waals surface area contributed by atoms with Crippen LogP contribution in [0.25, 0.3) is 0 Å². The van der Waals surface area contributed by atoms with Crippen molar-refractivity contribution in [3.8, 4) is 0 Å². The van der Waals surface area contributed by atoms with Crippen LogP contribution in [0.2, 0.25) is 0 Å². The average Bonchev–Trinajstić information content (AvgIpc) is 2.66. The Morgan fingerprint density at radius 1 is 0.781 bits per heavy atom. The van der Waals surface area contributed by atoms with Gasteiger partial charge in [0.2, 0.25) is 10.0 Å². The van der Waals surface area contributed by atoms with Gasteiger partial charge in [-0.2, -0.15) is 0 Å². The number of amides is 2. The average molecular weight is 470 g/mol. The summed E-state index contributed by atoms with van der Waals surface area (Å²) in [6, 6.07) is 0.0366. The zero-order valence-electron chi connectivity index (χ0n) is 19.6. The van der Waals surface area contributed by atoms with Gasteiger partial charge < -0.3 is 10.6 Å². The summed E-state index contributed by atoms with van der Waals surface area (Å²) in [7, 11) is -3.68. The molecule has 0 heterocycles. The van der Waals surface area contributed by atoms with Crippen molar-refractivity contribution in [2.24, 2.45) is 22.9 Å². The van der Waals surface area contributed by atoms with Crippen molar-refractivity contribution in [2.75, 3.05) is 12.3 Å². The summed E-state index contributed by atoms with van der Waals surface area (Å²) >= 11 is 0. The summed E-state index contributed by atoms with van der Waals surface area (Å²) in [5, 5.41) is 11.3. The number of ketones is 1. The van der Waals surface area contributed by atoms with E-state index in [0.29, 0.717) is 6.42 Å². The molecule has 0 atom stereocenters. The molecule has 4 rings (SSSR count). The van der Waals surface area contributed by atoms with Crippen LogP contribution in [0.4, 0.5) is 4.79 Å². The smallest absolute Gasteiger partial charge is 0.315 e. The molecule has 4 N–H and O–H groups in total. The third kappa shape index (κ3) is 8.65. The van der Waals surface area contributed by atoms with Crippen LogP contribution in [0.5, 0.6) is 0 Å². The Morgan fingerprint density at radius 2 is 1.25 bits per heavy atom. The minimum absolute atomic E-state index is 0.0366. The van der Waals surface area contributed by atoms with Crippen LogP contribution in [0.1, 0.15) is 103 Å². The topological polar surface area (TPSA) is 118 Å². The second-order valence-electron chi connectivity index (χ2n) is 10.9. The molecule has 32 heavy (non-hydrogen) atoms. The van der Waals surface area contributed by atoms with Crippen molar-refractivity contribution in [1.82, 2.24) is 10.6 Å². The van der Waals surface area contributed by atoms with E-state index in [1.54, 1.807) is 0 Å². The van der Waals surface area contributed by atoms with Crippen LogP contribution < -0.4 is 15.8 Å². The summed E-state index contributed by atoms with van der Waals surface area (Å²) in [5.41, 5.74) is 0.0915. The minimum atomic E-state index is -3.68. The molecule has 4 aliphatic carbocycles. The summed E-state index contributed by atoms with van der Waals surface area (Å²) in [6.45, 7) is 0.755. The van der Waals surface area contributed by atoms with E-state index in [2.05, 4.69) is 10.6 Å². The van der Waals surface area contributed by atoms with Gasteiger partial charge in [0.15, 0.2) is 0 Å². The number of primary sulfonamides is 1. The lowest BCUT2D eigenvalue weighted by atomic mass is 9.53. The highest BCUT2D eigenvalue weighted by Gasteiger charge is 2.51. The highest BCUT2D eigenvalue weighted by molar-refractivity contribution is 7.89. The molecular formula is C24H43N3O4S. The fraction of sp³-hybridized carbons (Fsp3) is 0.917. The highest BCUT2D eigenvalue weighted by atomic mass is 32.2. The largest absolute Gasteiger partial charge is 0.338 e. The van der Waals surface area contributed by atoms with Crippen molar-refractivity contribution in [1.29, 1.82) is 0 Å². The Labute approximate surface area is 194 Å². The first-order valence-electron chi connectivity index (χ1n) is 12.8. The monoisotopic (exact) mass is 469 g/mol. The molecule has 0 radical (unpaired) electrons. The van der Waals surface area contributed by atoms with Gasteiger partial charge in [-0.25, -0.2) is 18.4 Å². The van der Waals surface area contributed by atoms with Gasteiger partial charge >= 0.3 is 6.03 Å². The van der Waals surface area contributed by atoms with E-state index in [0.717, 1.165) is 62.8 Å². The number of hydrogen-bond acceptors (Lipinski definition) is 4. The summed E-state index contributed by atoms with van der Waals surface area (Å²) in [4.78, 5) is 23.9. The molecule has 0 aromatic carbocycles. The van der Waals surface area contributed by atoms with Crippen LogP contribution in [-0.4, -0.2) is 38.1 Å². The number of nitrogens with one attached hydrogen (secondary N) is 2. The standard InChI is InChI=1S/C24H43N3O4S/c25-32(30,31)18-22(28)10-8-6-4-2-1-3-5-7-9-11-26-23(29)27-24-15-19-12-20(16-24)14-21(13-19)17-24/h19-21H,1-18H2,(H2,25,30,31)(H2,26,27,29). The van der Waals surface area contributed by atoms with Gasteiger partial charge in [-0.15, -0.1) is 0 Å². The molecule has 7 nitrogen and oxygen atoms in total. The maximum Gasteiger partial charge on any atom is 0.315 e. The molecule has 4 fully saturated rings. The van der Waals surface area contributed by atoms with Crippen LogP contribution in [0, 0.1) is 17.8 Å². The molecule has 0 spiro atoms. The van der Waals surface area contributed by atoms with Crippen molar-refractivity contribution in [3.05, 3.63) is 0 Å². The zero-order valence-corrected chi connectivity index (χ0v) is 20.4. The predicted molar refractivity (Wildman–Crippen MR) is 127 cm³/mol. The van der Waals surface area contributed by atoms with Gasteiger partial charge in [-0.3, -0.25) is 4.79 Å². The molecule has 8 heteroatoms. The molecule has 0 unspecified atom stereocenters. The molecule has 4 aliphatic rings. The van der Waals surface area contributed by atoms with Crippen molar-refractivity contribution < 1.29 is 18.0 Å². The minimum Gasteiger partial charge on any atom is -0.338 e. The van der Waals surface area contributed by atoms with Gasteiger partial charge in [-0.05, 0) is 69.1 Å². The van der Waals surface area contributed by atoms with Crippen LogP contribution in [0.15, 0.2) is 0 Å². The van der Waals surface area contributed by atoms with Crippen molar-refractivity contribution >= 4 is 21.8 Å².